The summed E-state index contributed by atoms with van der Waals surface area (Å²) in [6.07, 6.45) is 0. The standard InChI is InChI=1S/C16H14O8S/c17-7-24-15-4-12(19)9(2-14(15)21)6-25-5-8-1-13(20)10(16(22)23)3-11(8)18/h1-4,7,18-21H,5-6H2,(H,22,23). The van der Waals surface area contributed by atoms with Gasteiger partial charge in [-0.25, -0.2) is 4.79 Å². The van der Waals surface area contributed by atoms with E-state index in [1.807, 2.05) is 0 Å². The van der Waals surface area contributed by atoms with Gasteiger partial charge < -0.3 is 30.3 Å². The summed E-state index contributed by atoms with van der Waals surface area (Å²) >= 11 is 1.24. The molecular weight excluding hydrogens is 352 g/mol. The fraction of sp³-hybridized carbons (Fsp3) is 0.125. The van der Waals surface area contributed by atoms with Crippen LogP contribution in [-0.2, 0) is 16.3 Å². The van der Waals surface area contributed by atoms with E-state index >= 15 is 0 Å². The van der Waals surface area contributed by atoms with Gasteiger partial charge in [-0.2, -0.15) is 11.8 Å². The minimum absolute atomic E-state index is 0.124. The molecule has 132 valence electrons. The number of aromatic carboxylic acids is 1. The molecule has 0 bridgehead atoms. The molecule has 2 rings (SSSR count). The van der Waals surface area contributed by atoms with Crippen LogP contribution >= 0.6 is 11.8 Å². The molecule has 0 atom stereocenters. The van der Waals surface area contributed by atoms with Crippen molar-refractivity contribution in [3.8, 4) is 28.7 Å². The Bertz CT molecular complexity index is 818. The van der Waals surface area contributed by atoms with E-state index < -0.39 is 17.3 Å². The Morgan fingerprint density at radius 3 is 2.04 bits per heavy atom. The average molecular weight is 366 g/mol. The van der Waals surface area contributed by atoms with E-state index in [1.165, 1.54) is 17.8 Å². The number of hydrogen-bond donors (Lipinski definition) is 5. The smallest absolute Gasteiger partial charge is 0.339 e. The Hall–Kier alpha value is -3.07. The second-order valence-electron chi connectivity index (χ2n) is 4.96. The Morgan fingerprint density at radius 1 is 0.920 bits per heavy atom. The van der Waals surface area contributed by atoms with Crippen LogP contribution in [0.15, 0.2) is 24.3 Å². The van der Waals surface area contributed by atoms with Crippen LogP contribution in [0.2, 0.25) is 0 Å². The van der Waals surface area contributed by atoms with Crippen LogP contribution in [0.25, 0.3) is 0 Å². The SMILES string of the molecule is O=COc1cc(O)c(CSCc2cc(O)c(C(=O)O)cc2O)cc1O. The van der Waals surface area contributed by atoms with Gasteiger partial charge in [0.25, 0.3) is 6.47 Å². The van der Waals surface area contributed by atoms with Crippen molar-refractivity contribution in [3.05, 3.63) is 41.0 Å². The molecule has 0 spiro atoms. The number of phenols is 4. The van der Waals surface area contributed by atoms with Gasteiger partial charge in [-0.3, -0.25) is 4.79 Å². The minimum atomic E-state index is -1.36. The molecule has 0 amide bonds. The van der Waals surface area contributed by atoms with Gasteiger partial charge in [0.05, 0.1) is 0 Å². The lowest BCUT2D eigenvalue weighted by Gasteiger charge is -2.10. The highest BCUT2D eigenvalue weighted by molar-refractivity contribution is 7.97. The first-order valence-corrected chi connectivity index (χ1v) is 8.00. The predicted molar refractivity (Wildman–Crippen MR) is 88.2 cm³/mol. The maximum Gasteiger partial charge on any atom is 0.339 e. The number of ether oxygens (including phenoxy) is 1. The van der Waals surface area contributed by atoms with E-state index in [9.17, 15) is 30.0 Å². The topological polar surface area (TPSA) is 145 Å². The van der Waals surface area contributed by atoms with E-state index in [2.05, 4.69) is 4.74 Å². The van der Waals surface area contributed by atoms with Crippen molar-refractivity contribution in [1.82, 2.24) is 0 Å². The molecule has 0 aliphatic heterocycles. The first-order valence-electron chi connectivity index (χ1n) is 6.84. The van der Waals surface area contributed by atoms with Crippen LogP contribution in [0, 0.1) is 0 Å². The van der Waals surface area contributed by atoms with Gasteiger partial charge in [-0.05, 0) is 18.2 Å². The molecule has 2 aromatic rings. The zero-order valence-electron chi connectivity index (χ0n) is 12.7. The van der Waals surface area contributed by atoms with Gasteiger partial charge in [0.1, 0.15) is 22.8 Å². The largest absolute Gasteiger partial charge is 0.508 e. The number of rotatable bonds is 7. The number of aromatic hydroxyl groups is 4. The third-order valence-corrected chi connectivity index (χ3v) is 4.31. The number of phenolic OH excluding ortho intramolecular Hbond substituents is 3. The molecule has 0 fully saturated rings. The van der Waals surface area contributed by atoms with Crippen LogP contribution in [0.5, 0.6) is 28.7 Å². The fourth-order valence-electron chi connectivity index (χ4n) is 2.04. The highest BCUT2D eigenvalue weighted by Gasteiger charge is 2.15. The molecule has 2 aromatic carbocycles. The van der Waals surface area contributed by atoms with E-state index in [-0.39, 0.29) is 41.0 Å². The molecule has 0 aliphatic rings. The zero-order valence-corrected chi connectivity index (χ0v) is 13.5. The molecule has 9 heteroatoms. The molecule has 0 saturated heterocycles. The third-order valence-electron chi connectivity index (χ3n) is 3.28. The van der Waals surface area contributed by atoms with Crippen molar-refractivity contribution >= 4 is 24.2 Å². The van der Waals surface area contributed by atoms with E-state index in [1.54, 1.807) is 0 Å². The molecule has 0 aromatic heterocycles. The molecule has 8 nitrogen and oxygen atoms in total. The molecule has 5 N–H and O–H groups in total. The number of carboxylic acids is 1. The van der Waals surface area contributed by atoms with Crippen LogP contribution in [0.3, 0.4) is 0 Å². The average Bonchev–Trinajstić information content (AvgIpc) is 2.54. The molecular formula is C16H14O8S. The van der Waals surface area contributed by atoms with Crippen LogP contribution < -0.4 is 4.74 Å². The van der Waals surface area contributed by atoms with Gasteiger partial charge >= 0.3 is 5.97 Å². The predicted octanol–water partition coefficient (Wildman–Crippen LogP) is 2.18. The maximum atomic E-state index is 10.9. The maximum absolute atomic E-state index is 10.9. The van der Waals surface area contributed by atoms with Gasteiger partial charge in [0.15, 0.2) is 11.5 Å². The number of carbonyl (C=O) groups excluding carboxylic acids is 1. The Balaban J connectivity index is 2.08. The number of thioether (sulfide) groups is 1. The molecule has 0 radical (unpaired) electrons. The monoisotopic (exact) mass is 366 g/mol. The summed E-state index contributed by atoms with van der Waals surface area (Å²) in [5, 5.41) is 47.9. The highest BCUT2D eigenvalue weighted by Crippen LogP contribution is 2.36. The summed E-state index contributed by atoms with van der Waals surface area (Å²) < 4.78 is 4.50. The minimum Gasteiger partial charge on any atom is -0.508 e. The Morgan fingerprint density at radius 2 is 1.48 bits per heavy atom. The summed E-state index contributed by atoms with van der Waals surface area (Å²) in [5.74, 6) is -2.31. The Kier molecular flexibility index (Phi) is 5.60. The molecule has 0 unspecified atom stereocenters. The third kappa shape index (κ3) is 4.27. The quantitative estimate of drug-likeness (QED) is 0.368. The molecule has 25 heavy (non-hydrogen) atoms. The summed E-state index contributed by atoms with van der Waals surface area (Å²) in [5.41, 5.74) is 0.281. The molecule has 0 aliphatic carbocycles. The first kappa shape index (κ1) is 18.3. The van der Waals surface area contributed by atoms with Crippen LogP contribution in [-0.4, -0.2) is 38.0 Å². The highest BCUT2D eigenvalue weighted by atomic mass is 32.2. The van der Waals surface area contributed by atoms with E-state index in [4.69, 9.17) is 5.11 Å². The fourth-order valence-corrected chi connectivity index (χ4v) is 3.05. The van der Waals surface area contributed by atoms with Crippen molar-refractivity contribution < 1.29 is 39.9 Å². The summed E-state index contributed by atoms with van der Waals surface area (Å²) in [4.78, 5) is 21.1. The lowest BCUT2D eigenvalue weighted by atomic mass is 10.1. The van der Waals surface area contributed by atoms with Gasteiger partial charge in [-0.1, -0.05) is 0 Å². The number of benzene rings is 2. The summed E-state index contributed by atoms with van der Waals surface area (Å²) in [7, 11) is 0. The van der Waals surface area contributed by atoms with Crippen molar-refractivity contribution in [2.45, 2.75) is 11.5 Å². The van der Waals surface area contributed by atoms with Gasteiger partial charge in [0.2, 0.25) is 0 Å². The van der Waals surface area contributed by atoms with Gasteiger partial charge in [0, 0.05) is 28.7 Å². The molecule has 0 saturated carbocycles. The Labute approximate surface area is 145 Å². The second kappa shape index (κ2) is 7.67. The van der Waals surface area contributed by atoms with Crippen LogP contribution in [0.1, 0.15) is 21.5 Å². The van der Waals surface area contributed by atoms with Crippen molar-refractivity contribution in [3.63, 3.8) is 0 Å². The van der Waals surface area contributed by atoms with Crippen molar-refractivity contribution in [1.29, 1.82) is 0 Å². The molecule has 0 heterocycles. The van der Waals surface area contributed by atoms with Crippen molar-refractivity contribution in [2.75, 3.05) is 0 Å². The van der Waals surface area contributed by atoms with Crippen molar-refractivity contribution in [2.24, 2.45) is 0 Å². The second-order valence-corrected chi connectivity index (χ2v) is 5.94. The summed E-state index contributed by atoms with van der Waals surface area (Å²) in [6, 6.07) is 4.46. The lowest BCUT2D eigenvalue weighted by Crippen LogP contribution is -1.98. The van der Waals surface area contributed by atoms with E-state index in [0.29, 0.717) is 11.1 Å². The first-order chi connectivity index (χ1) is 11.8. The summed E-state index contributed by atoms with van der Waals surface area (Å²) in [6.45, 7) is 0.124. The van der Waals surface area contributed by atoms with E-state index in [0.717, 1.165) is 18.2 Å². The zero-order chi connectivity index (χ0) is 18.6. The number of hydrogen-bond acceptors (Lipinski definition) is 8. The number of carbonyl (C=O) groups is 2. The lowest BCUT2D eigenvalue weighted by molar-refractivity contribution is -0.120. The number of carboxylic acid groups (broad SMARTS) is 1. The van der Waals surface area contributed by atoms with Crippen LogP contribution in [0.4, 0.5) is 0 Å². The normalized spacial score (nSPS) is 10.4. The van der Waals surface area contributed by atoms with Gasteiger partial charge in [-0.15, -0.1) is 0 Å².